The number of nitrogens with one attached hydrogen (secondary N) is 2. The molecule has 2 aromatic carbocycles. The molecule has 32 heavy (non-hydrogen) atoms. The predicted molar refractivity (Wildman–Crippen MR) is 125 cm³/mol. The van der Waals surface area contributed by atoms with Crippen LogP contribution < -0.4 is 15.6 Å². The summed E-state index contributed by atoms with van der Waals surface area (Å²) >= 11 is 0. The molecule has 1 aliphatic rings. The number of benzene rings is 2. The van der Waals surface area contributed by atoms with Crippen molar-refractivity contribution < 1.29 is 9.53 Å². The third-order valence-corrected chi connectivity index (χ3v) is 5.09. The fourth-order valence-electron chi connectivity index (χ4n) is 3.52. The van der Waals surface area contributed by atoms with Crippen LogP contribution in [0.3, 0.4) is 0 Å². The second kappa shape index (κ2) is 9.40. The Morgan fingerprint density at radius 1 is 1.16 bits per heavy atom. The lowest BCUT2D eigenvalue weighted by atomic mass is 10.1. The zero-order chi connectivity index (χ0) is 22.5. The van der Waals surface area contributed by atoms with Crippen molar-refractivity contribution in [1.82, 2.24) is 9.78 Å². The topological polar surface area (TPSA) is 100 Å². The van der Waals surface area contributed by atoms with Crippen molar-refractivity contribution in [2.45, 2.75) is 6.92 Å². The highest BCUT2D eigenvalue weighted by atomic mass is 16.5. The molecule has 2 heterocycles. The van der Waals surface area contributed by atoms with Gasteiger partial charge in [0.15, 0.2) is 5.69 Å². The number of hydrogen-bond donors (Lipinski definition) is 2. The number of carbonyl (C=O) groups is 1. The molecule has 0 spiro atoms. The van der Waals surface area contributed by atoms with Crippen LogP contribution in [0.1, 0.15) is 11.3 Å². The van der Waals surface area contributed by atoms with Gasteiger partial charge in [-0.3, -0.25) is 9.59 Å². The van der Waals surface area contributed by atoms with E-state index in [0.29, 0.717) is 18.8 Å². The van der Waals surface area contributed by atoms with Crippen LogP contribution in [0.15, 0.2) is 71.7 Å². The van der Waals surface area contributed by atoms with Crippen molar-refractivity contribution in [2.24, 2.45) is 0 Å². The molecule has 8 heteroatoms. The molecule has 0 unspecified atom stereocenters. The van der Waals surface area contributed by atoms with Crippen molar-refractivity contribution in [3.63, 3.8) is 0 Å². The first-order valence-electron chi connectivity index (χ1n) is 10.2. The van der Waals surface area contributed by atoms with E-state index >= 15 is 0 Å². The first kappa shape index (κ1) is 21.2. The summed E-state index contributed by atoms with van der Waals surface area (Å²) in [7, 11) is 0. The molecule has 2 N–H and O–H groups in total. The number of morpholine rings is 1. The monoisotopic (exact) mass is 429 g/mol. The Kier molecular flexibility index (Phi) is 6.23. The molecule has 1 saturated heterocycles. The molecule has 0 atom stereocenters. The van der Waals surface area contributed by atoms with Crippen molar-refractivity contribution >= 4 is 29.2 Å². The van der Waals surface area contributed by atoms with E-state index in [4.69, 9.17) is 10.1 Å². The van der Waals surface area contributed by atoms with Crippen LogP contribution in [0, 0.1) is 12.3 Å². The SMILES string of the molecule is Cc1cc(N2CCOCC2=O)ccc1-n1ccc(=O)c(/C(=C/C=N)Nc2ccccc2)n1. The lowest BCUT2D eigenvalue weighted by Crippen LogP contribution is -2.41. The van der Waals surface area contributed by atoms with E-state index in [0.717, 1.165) is 28.8 Å². The summed E-state index contributed by atoms with van der Waals surface area (Å²) in [6.45, 7) is 3.04. The van der Waals surface area contributed by atoms with Crippen LogP contribution in [0.2, 0.25) is 0 Å². The average Bonchev–Trinajstić information content (AvgIpc) is 2.80. The maximum atomic E-state index is 12.6. The van der Waals surface area contributed by atoms with Crippen LogP contribution >= 0.6 is 0 Å². The largest absolute Gasteiger partial charge is 0.370 e. The van der Waals surface area contributed by atoms with Crippen LogP contribution in [0.4, 0.5) is 11.4 Å². The van der Waals surface area contributed by atoms with E-state index in [1.165, 1.54) is 12.1 Å². The molecular weight excluding hydrogens is 406 g/mol. The molecular formula is C24H23N5O3. The second-order valence-corrected chi connectivity index (χ2v) is 7.28. The number of ether oxygens (including phenoxy) is 1. The maximum Gasteiger partial charge on any atom is 0.253 e. The Hall–Kier alpha value is -4.04. The summed E-state index contributed by atoms with van der Waals surface area (Å²) in [6.07, 6.45) is 4.22. The Balaban J connectivity index is 1.69. The Morgan fingerprint density at radius 2 is 1.97 bits per heavy atom. The highest BCUT2D eigenvalue weighted by Crippen LogP contribution is 2.23. The van der Waals surface area contributed by atoms with Gasteiger partial charge in [0.2, 0.25) is 5.43 Å². The average molecular weight is 429 g/mol. The number of carbonyl (C=O) groups excluding carboxylic acids is 1. The van der Waals surface area contributed by atoms with Gasteiger partial charge in [-0.15, -0.1) is 0 Å². The number of rotatable bonds is 6. The lowest BCUT2D eigenvalue weighted by Gasteiger charge is -2.27. The molecule has 0 bridgehead atoms. The summed E-state index contributed by atoms with van der Waals surface area (Å²) in [6, 6.07) is 16.5. The standard InChI is InChI=1S/C24H23N5O3/c1-17-15-19(28-13-14-32-16-23(28)31)7-8-21(17)29-12-10-22(30)24(27-29)20(9-11-25)26-18-5-3-2-4-6-18/h2-12,15,25-26H,13-14,16H2,1H3/b20-9-,25-11?. The minimum atomic E-state index is -0.258. The molecule has 1 aromatic heterocycles. The fourth-order valence-corrected chi connectivity index (χ4v) is 3.52. The molecule has 1 aliphatic heterocycles. The van der Waals surface area contributed by atoms with E-state index in [1.54, 1.807) is 15.8 Å². The van der Waals surface area contributed by atoms with Gasteiger partial charge in [-0.2, -0.15) is 5.10 Å². The van der Waals surface area contributed by atoms with Gasteiger partial charge in [0.25, 0.3) is 5.91 Å². The van der Waals surface area contributed by atoms with Gasteiger partial charge in [-0.25, -0.2) is 4.68 Å². The number of aryl methyl sites for hydroxylation is 1. The first-order chi connectivity index (χ1) is 15.6. The number of para-hydroxylation sites is 1. The lowest BCUT2D eigenvalue weighted by molar-refractivity contribution is -0.125. The molecule has 1 amide bonds. The Morgan fingerprint density at radius 3 is 2.69 bits per heavy atom. The van der Waals surface area contributed by atoms with Gasteiger partial charge in [-0.1, -0.05) is 18.2 Å². The molecule has 0 saturated carbocycles. The van der Waals surface area contributed by atoms with Gasteiger partial charge in [0.05, 0.1) is 18.0 Å². The number of aromatic nitrogens is 2. The van der Waals surface area contributed by atoms with Crippen molar-refractivity contribution in [3.8, 4) is 5.69 Å². The van der Waals surface area contributed by atoms with Crippen molar-refractivity contribution in [3.05, 3.63) is 88.4 Å². The maximum absolute atomic E-state index is 12.6. The van der Waals surface area contributed by atoms with E-state index in [1.807, 2.05) is 55.5 Å². The van der Waals surface area contributed by atoms with Crippen LogP contribution in [-0.4, -0.2) is 41.7 Å². The number of anilines is 2. The minimum Gasteiger partial charge on any atom is -0.370 e. The van der Waals surface area contributed by atoms with Gasteiger partial charge >= 0.3 is 0 Å². The normalized spacial score (nSPS) is 14.3. The predicted octanol–water partition coefficient (Wildman–Crippen LogP) is 3.01. The summed E-state index contributed by atoms with van der Waals surface area (Å²) < 4.78 is 6.83. The third kappa shape index (κ3) is 4.50. The van der Waals surface area contributed by atoms with E-state index in [9.17, 15) is 9.59 Å². The summed E-state index contributed by atoms with van der Waals surface area (Å²) in [5.41, 5.74) is 3.64. The Labute approximate surface area is 185 Å². The van der Waals surface area contributed by atoms with Gasteiger partial charge in [0.1, 0.15) is 6.61 Å². The van der Waals surface area contributed by atoms with E-state index in [2.05, 4.69) is 10.4 Å². The van der Waals surface area contributed by atoms with Crippen LogP contribution in [-0.2, 0) is 9.53 Å². The molecule has 0 radical (unpaired) electrons. The number of nitrogens with zero attached hydrogens (tertiary/aromatic N) is 3. The zero-order valence-corrected chi connectivity index (χ0v) is 17.6. The van der Waals surface area contributed by atoms with Crippen molar-refractivity contribution in [2.75, 3.05) is 30.0 Å². The molecule has 0 aliphatic carbocycles. The van der Waals surface area contributed by atoms with Gasteiger partial charge in [0, 0.05) is 36.4 Å². The molecule has 8 nitrogen and oxygen atoms in total. The van der Waals surface area contributed by atoms with E-state index in [-0.39, 0.29) is 23.6 Å². The van der Waals surface area contributed by atoms with Crippen molar-refractivity contribution in [1.29, 1.82) is 5.41 Å². The zero-order valence-electron chi connectivity index (χ0n) is 17.6. The minimum absolute atomic E-state index is 0.0689. The highest BCUT2D eigenvalue weighted by Gasteiger charge is 2.21. The number of amides is 1. The summed E-state index contributed by atoms with van der Waals surface area (Å²) in [4.78, 5) is 26.5. The van der Waals surface area contributed by atoms with Gasteiger partial charge in [-0.05, 0) is 48.9 Å². The van der Waals surface area contributed by atoms with Crippen LogP contribution in [0.5, 0.6) is 0 Å². The molecule has 1 fully saturated rings. The smallest absolute Gasteiger partial charge is 0.253 e. The quantitative estimate of drug-likeness (QED) is 0.587. The fraction of sp³-hybridized carbons (Fsp3) is 0.167. The Bertz CT molecular complexity index is 1230. The van der Waals surface area contributed by atoms with Gasteiger partial charge < -0.3 is 20.4 Å². The molecule has 162 valence electrons. The third-order valence-electron chi connectivity index (χ3n) is 5.09. The van der Waals surface area contributed by atoms with Crippen LogP contribution in [0.25, 0.3) is 11.4 Å². The van der Waals surface area contributed by atoms with E-state index < -0.39 is 0 Å². The number of allylic oxidation sites excluding steroid dienone is 1. The molecule has 3 aromatic rings. The summed E-state index contributed by atoms with van der Waals surface area (Å²) in [5.74, 6) is -0.0689. The summed E-state index contributed by atoms with van der Waals surface area (Å²) in [5, 5.41) is 15.2. The highest BCUT2D eigenvalue weighted by molar-refractivity contribution is 5.95. The first-order valence-corrected chi connectivity index (χ1v) is 10.2. The molecule has 4 rings (SSSR count). The number of hydrogen-bond acceptors (Lipinski definition) is 6. The second-order valence-electron chi connectivity index (χ2n) is 7.28.